The molecule has 1 aliphatic heterocycles. The maximum atomic E-state index is 12.0. The van der Waals surface area contributed by atoms with Crippen molar-refractivity contribution in [3.05, 3.63) is 29.3 Å². The molecule has 1 aromatic rings. The molecule has 0 atom stereocenters. The predicted molar refractivity (Wildman–Crippen MR) is 76.3 cm³/mol. The number of benzene rings is 1. The van der Waals surface area contributed by atoms with Crippen LogP contribution in [0.1, 0.15) is 61.4 Å². The zero-order valence-electron chi connectivity index (χ0n) is 11.3. The number of carbonyl (C=O) groups is 1. The van der Waals surface area contributed by atoms with Crippen LogP contribution in [-0.2, 0) is 6.42 Å². The molecule has 1 N–H and O–H groups in total. The van der Waals surface area contributed by atoms with E-state index in [2.05, 4.69) is 18.3 Å². The van der Waals surface area contributed by atoms with Crippen LogP contribution < -0.4 is 5.32 Å². The van der Waals surface area contributed by atoms with E-state index < -0.39 is 0 Å². The Balaban J connectivity index is 1.82. The molecule has 2 nitrogen and oxygen atoms in total. The second-order valence-electron chi connectivity index (χ2n) is 5.14. The molecule has 2 rings (SSSR count). The van der Waals surface area contributed by atoms with Crippen LogP contribution >= 0.6 is 0 Å². The number of unbranched alkanes of at least 4 members (excludes halogenated alkanes) is 4. The predicted octanol–water partition coefficient (Wildman–Crippen LogP) is 4.20. The van der Waals surface area contributed by atoms with Crippen molar-refractivity contribution in [3.63, 3.8) is 0 Å². The second-order valence-corrected chi connectivity index (χ2v) is 5.14. The third-order valence-electron chi connectivity index (χ3n) is 3.65. The van der Waals surface area contributed by atoms with Crippen molar-refractivity contribution in [2.75, 3.05) is 11.9 Å². The van der Waals surface area contributed by atoms with E-state index in [0.717, 1.165) is 30.6 Å². The van der Waals surface area contributed by atoms with E-state index >= 15 is 0 Å². The summed E-state index contributed by atoms with van der Waals surface area (Å²) in [6, 6.07) is 6.11. The third kappa shape index (κ3) is 3.34. The molecule has 2 heteroatoms. The van der Waals surface area contributed by atoms with E-state index in [-0.39, 0.29) is 0 Å². The van der Waals surface area contributed by atoms with Crippen molar-refractivity contribution in [2.45, 2.75) is 51.9 Å². The SMILES string of the molecule is CCCCCCCC(=O)c1ccc2c(c1)NCC2. The third-order valence-corrected chi connectivity index (χ3v) is 3.65. The molecule has 0 unspecified atom stereocenters. The highest BCUT2D eigenvalue weighted by molar-refractivity contribution is 5.97. The Morgan fingerprint density at radius 1 is 1.22 bits per heavy atom. The summed E-state index contributed by atoms with van der Waals surface area (Å²) in [6.45, 7) is 3.21. The number of nitrogens with one attached hydrogen (secondary N) is 1. The first kappa shape index (κ1) is 13.1. The topological polar surface area (TPSA) is 29.1 Å². The average Bonchev–Trinajstić information content (AvgIpc) is 2.85. The van der Waals surface area contributed by atoms with Crippen molar-refractivity contribution >= 4 is 11.5 Å². The molecule has 0 radical (unpaired) electrons. The first-order valence-electron chi connectivity index (χ1n) is 7.21. The van der Waals surface area contributed by atoms with E-state index in [1.54, 1.807) is 0 Å². The highest BCUT2D eigenvalue weighted by Crippen LogP contribution is 2.24. The van der Waals surface area contributed by atoms with Gasteiger partial charge in [0.1, 0.15) is 0 Å². The fourth-order valence-electron chi connectivity index (χ4n) is 2.50. The van der Waals surface area contributed by atoms with Crippen LogP contribution in [-0.4, -0.2) is 12.3 Å². The largest absolute Gasteiger partial charge is 0.384 e. The van der Waals surface area contributed by atoms with Gasteiger partial charge in [0.05, 0.1) is 0 Å². The average molecular weight is 245 g/mol. The van der Waals surface area contributed by atoms with Crippen LogP contribution in [0.4, 0.5) is 5.69 Å². The van der Waals surface area contributed by atoms with Crippen LogP contribution in [0, 0.1) is 0 Å². The molecule has 0 saturated heterocycles. The van der Waals surface area contributed by atoms with Gasteiger partial charge in [0.15, 0.2) is 5.78 Å². The zero-order chi connectivity index (χ0) is 12.8. The molecule has 0 bridgehead atoms. The first-order valence-corrected chi connectivity index (χ1v) is 7.21. The lowest BCUT2D eigenvalue weighted by Crippen LogP contribution is -2.00. The number of hydrogen-bond acceptors (Lipinski definition) is 2. The number of Topliss-reactive ketones (excluding diaryl/α,β-unsaturated/α-hetero) is 1. The van der Waals surface area contributed by atoms with Gasteiger partial charge in [-0.2, -0.15) is 0 Å². The summed E-state index contributed by atoms with van der Waals surface area (Å²) in [5.41, 5.74) is 3.37. The number of anilines is 1. The van der Waals surface area contributed by atoms with Gasteiger partial charge in [-0.05, 0) is 24.5 Å². The lowest BCUT2D eigenvalue weighted by molar-refractivity contribution is 0.0979. The van der Waals surface area contributed by atoms with E-state index in [9.17, 15) is 4.79 Å². The first-order chi connectivity index (χ1) is 8.81. The minimum Gasteiger partial charge on any atom is -0.384 e. The molecule has 18 heavy (non-hydrogen) atoms. The Morgan fingerprint density at radius 3 is 2.89 bits per heavy atom. The standard InChI is InChI=1S/C16H23NO/c1-2-3-4-5-6-7-16(18)14-9-8-13-10-11-17-15(13)12-14/h8-9,12,17H,2-7,10-11H2,1H3. The number of rotatable bonds is 7. The summed E-state index contributed by atoms with van der Waals surface area (Å²) >= 11 is 0. The van der Waals surface area contributed by atoms with Gasteiger partial charge in [-0.3, -0.25) is 4.79 Å². The molecule has 0 amide bonds. The monoisotopic (exact) mass is 245 g/mol. The van der Waals surface area contributed by atoms with Gasteiger partial charge in [0.2, 0.25) is 0 Å². The molecular weight excluding hydrogens is 222 g/mol. The van der Waals surface area contributed by atoms with E-state index in [1.165, 1.54) is 31.2 Å². The molecule has 1 heterocycles. The molecule has 1 aromatic carbocycles. The van der Waals surface area contributed by atoms with Gasteiger partial charge < -0.3 is 5.32 Å². The summed E-state index contributed by atoms with van der Waals surface area (Å²) in [5.74, 6) is 0.294. The second kappa shape index (κ2) is 6.58. The van der Waals surface area contributed by atoms with Crippen molar-refractivity contribution in [1.82, 2.24) is 0 Å². The van der Waals surface area contributed by atoms with Gasteiger partial charge in [0.25, 0.3) is 0 Å². The number of fused-ring (bicyclic) bond motifs is 1. The number of hydrogen-bond donors (Lipinski definition) is 1. The molecule has 0 aromatic heterocycles. The Hall–Kier alpha value is -1.31. The van der Waals surface area contributed by atoms with Gasteiger partial charge in [-0.1, -0.05) is 44.7 Å². The van der Waals surface area contributed by atoms with Crippen LogP contribution in [0.3, 0.4) is 0 Å². The van der Waals surface area contributed by atoms with Crippen LogP contribution in [0.2, 0.25) is 0 Å². The minimum atomic E-state index is 0.294. The number of carbonyl (C=O) groups excluding carboxylic acids is 1. The molecule has 0 aliphatic carbocycles. The normalized spacial score (nSPS) is 13.2. The smallest absolute Gasteiger partial charge is 0.162 e. The highest BCUT2D eigenvalue weighted by atomic mass is 16.1. The van der Waals surface area contributed by atoms with Crippen molar-refractivity contribution in [3.8, 4) is 0 Å². The van der Waals surface area contributed by atoms with Crippen LogP contribution in [0.25, 0.3) is 0 Å². The maximum Gasteiger partial charge on any atom is 0.162 e. The Kier molecular flexibility index (Phi) is 4.80. The molecule has 0 fully saturated rings. The lowest BCUT2D eigenvalue weighted by Gasteiger charge is -2.04. The van der Waals surface area contributed by atoms with E-state index in [1.807, 2.05) is 12.1 Å². The van der Waals surface area contributed by atoms with Crippen molar-refractivity contribution in [2.24, 2.45) is 0 Å². The Labute approximate surface area is 110 Å². The van der Waals surface area contributed by atoms with Crippen molar-refractivity contribution < 1.29 is 4.79 Å². The quantitative estimate of drug-likeness (QED) is 0.576. The van der Waals surface area contributed by atoms with Gasteiger partial charge in [-0.25, -0.2) is 0 Å². The summed E-state index contributed by atoms with van der Waals surface area (Å²) < 4.78 is 0. The Morgan fingerprint density at radius 2 is 2.06 bits per heavy atom. The summed E-state index contributed by atoms with van der Waals surface area (Å²) in [7, 11) is 0. The number of ketones is 1. The Bertz CT molecular complexity index is 412. The fourth-order valence-corrected chi connectivity index (χ4v) is 2.50. The highest BCUT2D eigenvalue weighted by Gasteiger charge is 2.13. The van der Waals surface area contributed by atoms with E-state index in [4.69, 9.17) is 0 Å². The van der Waals surface area contributed by atoms with Gasteiger partial charge in [-0.15, -0.1) is 0 Å². The summed E-state index contributed by atoms with van der Waals surface area (Å²) in [4.78, 5) is 12.0. The van der Waals surface area contributed by atoms with Gasteiger partial charge >= 0.3 is 0 Å². The van der Waals surface area contributed by atoms with E-state index in [0.29, 0.717) is 12.2 Å². The maximum absolute atomic E-state index is 12.0. The minimum absolute atomic E-state index is 0.294. The zero-order valence-corrected chi connectivity index (χ0v) is 11.3. The molecule has 0 saturated carbocycles. The molecule has 0 spiro atoms. The molecular formula is C16H23NO. The molecule has 1 aliphatic rings. The fraction of sp³-hybridized carbons (Fsp3) is 0.562. The lowest BCUT2D eigenvalue weighted by atomic mass is 10.0. The van der Waals surface area contributed by atoms with Crippen LogP contribution in [0.15, 0.2) is 18.2 Å². The van der Waals surface area contributed by atoms with Crippen LogP contribution in [0.5, 0.6) is 0 Å². The summed E-state index contributed by atoms with van der Waals surface area (Å²) in [6.07, 6.45) is 7.80. The molecule has 98 valence electrons. The van der Waals surface area contributed by atoms with Crippen molar-refractivity contribution in [1.29, 1.82) is 0 Å². The van der Waals surface area contributed by atoms with Gasteiger partial charge in [0, 0.05) is 24.2 Å². The summed E-state index contributed by atoms with van der Waals surface area (Å²) in [5, 5.41) is 3.33.